The first-order valence-corrected chi connectivity index (χ1v) is 8.89. The van der Waals surface area contributed by atoms with Crippen LogP contribution in [0.2, 0.25) is 0 Å². The average molecular weight is 363 g/mol. The molecule has 0 N–H and O–H groups in total. The number of rotatable bonds is 6. The highest BCUT2D eigenvalue weighted by atomic mass is 16.5. The molecule has 1 fully saturated rings. The van der Waals surface area contributed by atoms with E-state index in [-0.39, 0.29) is 18.3 Å². The summed E-state index contributed by atoms with van der Waals surface area (Å²) in [5.74, 6) is -0.749. The van der Waals surface area contributed by atoms with Gasteiger partial charge in [-0.05, 0) is 54.8 Å². The Kier molecular flexibility index (Phi) is 5.81. The summed E-state index contributed by atoms with van der Waals surface area (Å²) in [6, 6.07) is 14.5. The summed E-state index contributed by atoms with van der Waals surface area (Å²) in [4.78, 5) is 37.5. The summed E-state index contributed by atoms with van der Waals surface area (Å²) in [6.45, 7) is 2.34. The fourth-order valence-corrected chi connectivity index (χ4v) is 2.95. The number of hydrogen-bond acceptors (Lipinski definition) is 4. The largest absolute Gasteiger partial charge is 0.454 e. The van der Waals surface area contributed by atoms with Gasteiger partial charge in [0.1, 0.15) is 0 Å². The van der Waals surface area contributed by atoms with Crippen LogP contribution in [0.15, 0.2) is 54.6 Å². The SMILES string of the molecule is Cc1ccccc1/C=C/C(=O)OCC(=O)c1ccc(N2CCCC2=O)cc1. The van der Waals surface area contributed by atoms with Crippen molar-refractivity contribution in [3.63, 3.8) is 0 Å². The smallest absolute Gasteiger partial charge is 0.331 e. The lowest BCUT2D eigenvalue weighted by Gasteiger charge is -2.15. The maximum atomic E-state index is 12.2. The van der Waals surface area contributed by atoms with Crippen LogP contribution in [0.25, 0.3) is 6.08 Å². The number of nitrogens with zero attached hydrogens (tertiary/aromatic N) is 1. The molecule has 5 heteroatoms. The van der Waals surface area contributed by atoms with Crippen molar-refractivity contribution in [3.05, 3.63) is 71.3 Å². The molecule has 1 amide bonds. The third-order valence-corrected chi connectivity index (χ3v) is 4.51. The Labute approximate surface area is 158 Å². The van der Waals surface area contributed by atoms with E-state index in [4.69, 9.17) is 4.74 Å². The Morgan fingerprint density at radius 2 is 1.85 bits per heavy atom. The van der Waals surface area contributed by atoms with Crippen LogP contribution in [0.4, 0.5) is 5.69 Å². The van der Waals surface area contributed by atoms with Gasteiger partial charge in [0.25, 0.3) is 0 Å². The van der Waals surface area contributed by atoms with Gasteiger partial charge in [-0.2, -0.15) is 0 Å². The second-order valence-electron chi connectivity index (χ2n) is 6.42. The Bertz CT molecular complexity index is 883. The van der Waals surface area contributed by atoms with Crippen LogP contribution in [0.1, 0.15) is 34.3 Å². The fraction of sp³-hybridized carbons (Fsp3) is 0.227. The van der Waals surface area contributed by atoms with Crippen molar-refractivity contribution < 1.29 is 19.1 Å². The number of aryl methyl sites for hydroxylation is 1. The van der Waals surface area contributed by atoms with Crippen LogP contribution in [0.5, 0.6) is 0 Å². The Morgan fingerprint density at radius 3 is 2.52 bits per heavy atom. The monoisotopic (exact) mass is 363 g/mol. The number of carbonyl (C=O) groups is 3. The minimum Gasteiger partial charge on any atom is -0.454 e. The van der Waals surface area contributed by atoms with Gasteiger partial charge in [0.05, 0.1) is 0 Å². The average Bonchev–Trinajstić information content (AvgIpc) is 3.11. The zero-order chi connectivity index (χ0) is 19.2. The molecule has 138 valence electrons. The summed E-state index contributed by atoms with van der Waals surface area (Å²) in [5.41, 5.74) is 3.20. The van der Waals surface area contributed by atoms with Crippen molar-refractivity contribution in [2.24, 2.45) is 0 Å². The highest BCUT2D eigenvalue weighted by Gasteiger charge is 2.21. The molecule has 0 radical (unpaired) electrons. The quantitative estimate of drug-likeness (QED) is 0.447. The summed E-state index contributed by atoms with van der Waals surface area (Å²) in [6.07, 6.45) is 4.40. The highest BCUT2D eigenvalue weighted by Crippen LogP contribution is 2.21. The van der Waals surface area contributed by atoms with E-state index >= 15 is 0 Å². The van der Waals surface area contributed by atoms with Gasteiger partial charge in [-0.15, -0.1) is 0 Å². The lowest BCUT2D eigenvalue weighted by atomic mass is 10.1. The van der Waals surface area contributed by atoms with Crippen molar-refractivity contribution in [2.75, 3.05) is 18.1 Å². The van der Waals surface area contributed by atoms with E-state index in [0.29, 0.717) is 18.5 Å². The summed E-state index contributed by atoms with van der Waals surface area (Å²) >= 11 is 0. The third-order valence-electron chi connectivity index (χ3n) is 4.51. The number of benzene rings is 2. The normalized spacial score (nSPS) is 14.0. The molecule has 2 aromatic carbocycles. The molecule has 0 aromatic heterocycles. The number of esters is 1. The van der Waals surface area contributed by atoms with E-state index in [1.54, 1.807) is 35.2 Å². The molecule has 3 rings (SSSR count). The third kappa shape index (κ3) is 4.70. The Morgan fingerprint density at radius 1 is 1.11 bits per heavy atom. The molecule has 1 aliphatic heterocycles. The highest BCUT2D eigenvalue weighted by molar-refractivity contribution is 6.00. The number of carbonyl (C=O) groups excluding carboxylic acids is 3. The standard InChI is InChI=1S/C22H21NO4/c1-16-5-2-3-6-17(16)10-13-22(26)27-15-20(24)18-8-11-19(12-9-18)23-14-4-7-21(23)25/h2-3,5-6,8-13H,4,7,14-15H2,1H3/b13-10+. The van der Waals surface area contributed by atoms with Gasteiger partial charge < -0.3 is 9.64 Å². The zero-order valence-corrected chi connectivity index (χ0v) is 15.2. The van der Waals surface area contributed by atoms with Gasteiger partial charge in [-0.25, -0.2) is 4.79 Å². The number of ketones is 1. The lowest BCUT2D eigenvalue weighted by molar-refractivity contribution is -0.136. The first-order valence-electron chi connectivity index (χ1n) is 8.89. The van der Waals surface area contributed by atoms with Crippen molar-refractivity contribution in [1.82, 2.24) is 0 Å². The molecule has 0 aliphatic carbocycles. The summed E-state index contributed by atoms with van der Waals surface area (Å²) < 4.78 is 5.03. The molecule has 0 bridgehead atoms. The molecule has 2 aromatic rings. The van der Waals surface area contributed by atoms with Crippen LogP contribution in [0, 0.1) is 6.92 Å². The first-order chi connectivity index (χ1) is 13.0. The van der Waals surface area contributed by atoms with E-state index in [2.05, 4.69) is 0 Å². The minimum atomic E-state index is -0.564. The fourth-order valence-electron chi connectivity index (χ4n) is 2.95. The number of amides is 1. The molecule has 27 heavy (non-hydrogen) atoms. The predicted octanol–water partition coefficient (Wildman–Crippen LogP) is 3.56. The summed E-state index contributed by atoms with van der Waals surface area (Å²) in [5, 5.41) is 0. The second kappa shape index (κ2) is 8.45. The van der Waals surface area contributed by atoms with Gasteiger partial charge in [0, 0.05) is 30.3 Å². The molecule has 1 heterocycles. The molecule has 0 unspecified atom stereocenters. The van der Waals surface area contributed by atoms with Gasteiger partial charge in [-0.1, -0.05) is 24.3 Å². The molecule has 0 saturated carbocycles. The number of anilines is 1. The van der Waals surface area contributed by atoms with E-state index in [1.807, 2.05) is 31.2 Å². The van der Waals surface area contributed by atoms with Crippen LogP contribution >= 0.6 is 0 Å². The van der Waals surface area contributed by atoms with Crippen molar-refractivity contribution >= 4 is 29.4 Å². The van der Waals surface area contributed by atoms with E-state index < -0.39 is 5.97 Å². The van der Waals surface area contributed by atoms with Gasteiger partial charge in [0.15, 0.2) is 12.4 Å². The maximum absolute atomic E-state index is 12.2. The number of Topliss-reactive ketones (excluding diaryl/α,β-unsaturated/α-hetero) is 1. The van der Waals surface area contributed by atoms with E-state index in [0.717, 1.165) is 23.2 Å². The van der Waals surface area contributed by atoms with Gasteiger partial charge in [0.2, 0.25) is 5.91 Å². The number of ether oxygens (including phenoxy) is 1. The number of hydrogen-bond donors (Lipinski definition) is 0. The molecule has 1 aliphatic rings. The molecular weight excluding hydrogens is 342 g/mol. The first kappa shape index (κ1) is 18.6. The lowest BCUT2D eigenvalue weighted by Crippen LogP contribution is -2.23. The predicted molar refractivity (Wildman–Crippen MR) is 104 cm³/mol. The molecule has 1 saturated heterocycles. The van der Waals surface area contributed by atoms with E-state index in [9.17, 15) is 14.4 Å². The Hall–Kier alpha value is -3.21. The molecular formula is C22H21NO4. The van der Waals surface area contributed by atoms with Crippen LogP contribution in [0.3, 0.4) is 0 Å². The summed E-state index contributed by atoms with van der Waals surface area (Å²) in [7, 11) is 0. The van der Waals surface area contributed by atoms with Crippen LogP contribution in [-0.4, -0.2) is 30.8 Å². The maximum Gasteiger partial charge on any atom is 0.331 e. The molecule has 0 spiro atoms. The zero-order valence-electron chi connectivity index (χ0n) is 15.2. The Balaban J connectivity index is 1.53. The van der Waals surface area contributed by atoms with Crippen LogP contribution in [-0.2, 0) is 14.3 Å². The minimum absolute atomic E-state index is 0.100. The second-order valence-corrected chi connectivity index (χ2v) is 6.42. The van der Waals surface area contributed by atoms with Crippen molar-refractivity contribution in [1.29, 1.82) is 0 Å². The van der Waals surface area contributed by atoms with Crippen molar-refractivity contribution in [2.45, 2.75) is 19.8 Å². The topological polar surface area (TPSA) is 63.7 Å². The molecule has 5 nitrogen and oxygen atoms in total. The molecule has 0 atom stereocenters. The van der Waals surface area contributed by atoms with Crippen LogP contribution < -0.4 is 4.90 Å². The van der Waals surface area contributed by atoms with E-state index in [1.165, 1.54) is 6.08 Å². The van der Waals surface area contributed by atoms with Gasteiger partial charge in [-0.3, -0.25) is 9.59 Å². The van der Waals surface area contributed by atoms with Crippen molar-refractivity contribution in [3.8, 4) is 0 Å². The van der Waals surface area contributed by atoms with Gasteiger partial charge >= 0.3 is 5.97 Å².